The molecule has 3 heterocycles. The van der Waals surface area contributed by atoms with Crippen molar-refractivity contribution in [1.29, 1.82) is 5.26 Å². The van der Waals surface area contributed by atoms with Crippen LogP contribution in [0.15, 0.2) is 24.4 Å². The van der Waals surface area contributed by atoms with E-state index < -0.39 is 0 Å². The molecule has 1 atom stereocenters. The molecule has 26 heavy (non-hydrogen) atoms. The van der Waals surface area contributed by atoms with E-state index in [2.05, 4.69) is 37.5 Å². The Kier molecular flexibility index (Phi) is 4.16. The molecule has 0 aliphatic heterocycles. The van der Waals surface area contributed by atoms with E-state index in [0.29, 0.717) is 28.9 Å². The number of nitrogens with one attached hydrogen (secondary N) is 2. The third-order valence-electron chi connectivity index (χ3n) is 4.27. The van der Waals surface area contributed by atoms with Crippen molar-refractivity contribution in [1.82, 2.24) is 20.2 Å². The molecule has 1 aliphatic carbocycles. The van der Waals surface area contributed by atoms with E-state index in [0.717, 1.165) is 15.4 Å². The number of thiophene rings is 1. The molecule has 1 aliphatic rings. The second kappa shape index (κ2) is 6.62. The van der Waals surface area contributed by atoms with Gasteiger partial charge in [0, 0.05) is 30.2 Å². The van der Waals surface area contributed by atoms with Gasteiger partial charge in [0.05, 0.1) is 22.4 Å². The first-order valence-electron chi connectivity index (χ1n) is 8.33. The summed E-state index contributed by atoms with van der Waals surface area (Å²) in [7, 11) is 0. The van der Waals surface area contributed by atoms with Crippen LogP contribution >= 0.6 is 11.3 Å². The predicted octanol–water partition coefficient (Wildman–Crippen LogP) is 4.40. The summed E-state index contributed by atoms with van der Waals surface area (Å²) in [5, 5.41) is 19.6. The predicted molar refractivity (Wildman–Crippen MR) is 103 cm³/mol. The van der Waals surface area contributed by atoms with Crippen LogP contribution in [0.25, 0.3) is 10.7 Å². The molecule has 0 aromatic carbocycles. The van der Waals surface area contributed by atoms with Crippen LogP contribution in [-0.2, 0) is 0 Å². The topological polar surface area (TPSA) is 90.3 Å². The summed E-state index contributed by atoms with van der Waals surface area (Å²) >= 11 is 1.51. The average molecular weight is 362 g/mol. The fourth-order valence-electron chi connectivity index (χ4n) is 2.60. The lowest BCUT2D eigenvalue weighted by molar-refractivity contribution is 0.966. The first-order valence-corrected chi connectivity index (χ1v) is 9.15. The first-order chi connectivity index (χ1) is 12.7. The van der Waals surface area contributed by atoms with E-state index in [1.54, 1.807) is 6.20 Å². The van der Waals surface area contributed by atoms with Gasteiger partial charge in [0.15, 0.2) is 17.5 Å². The fourth-order valence-corrected chi connectivity index (χ4v) is 3.54. The normalized spacial score (nSPS) is 14.4. The van der Waals surface area contributed by atoms with Gasteiger partial charge in [-0.05, 0) is 31.9 Å². The summed E-state index contributed by atoms with van der Waals surface area (Å²) in [5.41, 5.74) is 1.71. The lowest BCUT2D eigenvalue weighted by Gasteiger charge is -2.06. The lowest BCUT2D eigenvalue weighted by atomic mass is 10.2. The zero-order valence-electron chi connectivity index (χ0n) is 14.2. The van der Waals surface area contributed by atoms with Gasteiger partial charge in [-0.1, -0.05) is 5.92 Å². The zero-order chi connectivity index (χ0) is 18.1. The summed E-state index contributed by atoms with van der Waals surface area (Å²) in [5.74, 6) is 4.87. The maximum absolute atomic E-state index is 9.07. The number of terminal acetylenes is 1. The molecule has 0 amide bonds. The molecule has 2 N–H and O–H groups in total. The van der Waals surface area contributed by atoms with Gasteiger partial charge < -0.3 is 5.32 Å². The monoisotopic (exact) mass is 362 g/mol. The Morgan fingerprint density at radius 2 is 2.31 bits per heavy atom. The fraction of sp³-hybridized carbons (Fsp3) is 0.263. The van der Waals surface area contributed by atoms with Gasteiger partial charge >= 0.3 is 0 Å². The minimum atomic E-state index is -0.152. The number of anilines is 2. The molecule has 0 bridgehead atoms. The van der Waals surface area contributed by atoms with Gasteiger partial charge in [-0.15, -0.1) is 17.8 Å². The van der Waals surface area contributed by atoms with Crippen molar-refractivity contribution in [2.75, 3.05) is 5.32 Å². The number of hydrogen-bond acceptors (Lipinski definition) is 6. The standard InChI is InChI=1S/C19H16N6S.H2/c1-3-12-10-21-19(16-7-6-15(26-16)11(2)9-20)23-18(12)22-17-8-14(24-25-17)13-4-5-13;/h1,6-8,10-11,13H,4-5H2,2H3,(H2,21,22,23,24,25);1H. The Morgan fingerprint density at radius 3 is 3.04 bits per heavy atom. The second-order valence-corrected chi connectivity index (χ2v) is 7.38. The molecule has 1 saturated carbocycles. The van der Waals surface area contributed by atoms with E-state index >= 15 is 0 Å². The number of nitriles is 1. The number of rotatable bonds is 5. The SMILES string of the molecule is C#Cc1cnc(-c2ccc(C(C)C#N)s2)nc1Nc1cc(C2CC2)[nH]n1.[HH]. The molecule has 0 radical (unpaired) electrons. The Hall–Kier alpha value is -3.16. The van der Waals surface area contributed by atoms with E-state index in [1.165, 1.54) is 24.2 Å². The van der Waals surface area contributed by atoms with Gasteiger partial charge in [-0.25, -0.2) is 9.97 Å². The summed E-state index contributed by atoms with van der Waals surface area (Å²) in [6.45, 7) is 1.87. The number of H-pyrrole nitrogens is 1. The molecule has 3 aromatic rings. The molecule has 4 rings (SSSR count). The third kappa shape index (κ3) is 3.17. The largest absolute Gasteiger partial charge is 0.322 e. The van der Waals surface area contributed by atoms with Crippen molar-refractivity contribution in [2.45, 2.75) is 31.6 Å². The molecule has 6 nitrogen and oxygen atoms in total. The first kappa shape index (κ1) is 16.3. The third-order valence-corrected chi connectivity index (χ3v) is 5.54. The summed E-state index contributed by atoms with van der Waals surface area (Å²) in [6, 6.07) is 8.11. The maximum Gasteiger partial charge on any atom is 0.171 e. The van der Waals surface area contributed by atoms with Crippen molar-refractivity contribution in [3.63, 3.8) is 0 Å². The van der Waals surface area contributed by atoms with Crippen LogP contribution < -0.4 is 5.32 Å². The Morgan fingerprint density at radius 1 is 1.46 bits per heavy atom. The highest BCUT2D eigenvalue weighted by molar-refractivity contribution is 7.15. The van der Waals surface area contributed by atoms with E-state index in [4.69, 9.17) is 11.7 Å². The molecule has 1 unspecified atom stereocenters. The van der Waals surface area contributed by atoms with Crippen LogP contribution in [0.3, 0.4) is 0 Å². The van der Waals surface area contributed by atoms with Crippen molar-refractivity contribution in [3.8, 4) is 29.1 Å². The van der Waals surface area contributed by atoms with E-state index in [1.807, 2.05) is 25.1 Å². The van der Waals surface area contributed by atoms with Crippen LogP contribution in [0, 0.1) is 23.7 Å². The molecule has 0 spiro atoms. The van der Waals surface area contributed by atoms with Gasteiger partial charge in [0.1, 0.15) is 0 Å². The molecule has 7 heteroatoms. The highest BCUT2D eigenvalue weighted by atomic mass is 32.1. The number of aromatic nitrogens is 4. The second-order valence-electron chi connectivity index (χ2n) is 6.26. The maximum atomic E-state index is 9.07. The summed E-state index contributed by atoms with van der Waals surface area (Å²) in [6.07, 6.45) is 9.63. The number of nitrogens with zero attached hydrogens (tertiary/aromatic N) is 4. The van der Waals surface area contributed by atoms with Gasteiger partial charge in [-0.3, -0.25) is 5.10 Å². The highest BCUT2D eigenvalue weighted by Crippen LogP contribution is 2.39. The van der Waals surface area contributed by atoms with Crippen LogP contribution in [0.4, 0.5) is 11.6 Å². The average Bonchev–Trinajstić information content (AvgIpc) is 3.21. The number of aromatic amines is 1. The quantitative estimate of drug-likeness (QED) is 0.656. The molecule has 1 fully saturated rings. The minimum Gasteiger partial charge on any atom is -0.322 e. The minimum absolute atomic E-state index is 0. The van der Waals surface area contributed by atoms with E-state index in [-0.39, 0.29) is 7.34 Å². The Labute approximate surface area is 156 Å². The van der Waals surface area contributed by atoms with Gasteiger partial charge in [0.25, 0.3) is 0 Å². The molecule has 130 valence electrons. The molecular formula is C19H18N6S. The molecule has 0 saturated heterocycles. The van der Waals surface area contributed by atoms with Crippen molar-refractivity contribution in [3.05, 3.63) is 40.5 Å². The number of hydrogen-bond donors (Lipinski definition) is 2. The lowest BCUT2D eigenvalue weighted by Crippen LogP contribution is -2.00. The van der Waals surface area contributed by atoms with Crippen LogP contribution in [0.1, 0.15) is 49.2 Å². The highest BCUT2D eigenvalue weighted by Gasteiger charge is 2.25. The summed E-state index contributed by atoms with van der Waals surface area (Å²) in [4.78, 5) is 10.8. The zero-order valence-corrected chi connectivity index (χ0v) is 15.0. The van der Waals surface area contributed by atoms with Gasteiger partial charge in [0.2, 0.25) is 0 Å². The van der Waals surface area contributed by atoms with E-state index in [9.17, 15) is 0 Å². The van der Waals surface area contributed by atoms with Crippen LogP contribution in [-0.4, -0.2) is 20.2 Å². The molecule has 3 aromatic heterocycles. The molecular weight excluding hydrogens is 344 g/mol. The van der Waals surface area contributed by atoms with Crippen LogP contribution in [0.2, 0.25) is 0 Å². The van der Waals surface area contributed by atoms with Gasteiger partial charge in [-0.2, -0.15) is 10.4 Å². The Bertz CT molecular complexity index is 1040. The summed E-state index contributed by atoms with van der Waals surface area (Å²) < 4.78 is 0. The van der Waals surface area contributed by atoms with Crippen molar-refractivity contribution in [2.24, 2.45) is 0 Å². The van der Waals surface area contributed by atoms with Crippen molar-refractivity contribution < 1.29 is 1.43 Å². The van der Waals surface area contributed by atoms with Crippen molar-refractivity contribution >= 4 is 23.0 Å². The smallest absolute Gasteiger partial charge is 0.171 e. The Balaban J connectivity index is 0.00000210. The van der Waals surface area contributed by atoms with Crippen LogP contribution in [0.5, 0.6) is 0 Å².